The van der Waals surface area contributed by atoms with Gasteiger partial charge < -0.3 is 15.4 Å². The zero-order valence-corrected chi connectivity index (χ0v) is 9.73. The van der Waals surface area contributed by atoms with Crippen molar-refractivity contribution in [2.75, 3.05) is 33.0 Å². The summed E-state index contributed by atoms with van der Waals surface area (Å²) in [5, 5.41) is 0. The number of anilines is 1. The fraction of sp³-hybridized carbons (Fsp3) is 0.417. The van der Waals surface area contributed by atoms with Crippen LogP contribution in [0.25, 0.3) is 5.57 Å². The molecular weight excluding hydrogens is 202 g/mol. The van der Waals surface area contributed by atoms with Gasteiger partial charge in [0.15, 0.2) is 0 Å². The molecule has 2 rings (SSSR count). The molecule has 0 aromatic carbocycles. The average molecular weight is 219 g/mol. The second-order valence-corrected chi connectivity index (χ2v) is 4.06. The number of hydrogen-bond donors (Lipinski definition) is 1. The van der Waals surface area contributed by atoms with Crippen LogP contribution in [0.2, 0.25) is 0 Å². The first-order valence-corrected chi connectivity index (χ1v) is 5.38. The van der Waals surface area contributed by atoms with Gasteiger partial charge in [-0.25, -0.2) is 0 Å². The number of aromatic nitrogens is 1. The minimum absolute atomic E-state index is 0.633. The van der Waals surface area contributed by atoms with Crippen LogP contribution in [0.4, 0.5) is 5.69 Å². The fourth-order valence-corrected chi connectivity index (χ4v) is 1.84. The third-order valence-corrected chi connectivity index (χ3v) is 2.81. The molecule has 2 heterocycles. The van der Waals surface area contributed by atoms with E-state index in [0.717, 1.165) is 31.0 Å². The number of nitrogen functional groups attached to an aromatic ring is 1. The molecule has 1 aliphatic rings. The summed E-state index contributed by atoms with van der Waals surface area (Å²) < 4.78 is 5.31. The van der Waals surface area contributed by atoms with E-state index in [1.807, 2.05) is 6.07 Å². The predicted molar refractivity (Wildman–Crippen MR) is 65.3 cm³/mol. The molecule has 4 heteroatoms. The van der Waals surface area contributed by atoms with E-state index < -0.39 is 0 Å². The first-order valence-electron chi connectivity index (χ1n) is 5.38. The highest BCUT2D eigenvalue weighted by molar-refractivity contribution is 5.69. The standard InChI is InChI=1S/C12H17N3O/c1-15-5-3-9(4-6-15)12-11(16-2)7-10(13)8-14-12/h3,7-8H,4-6,13H2,1-2H3. The van der Waals surface area contributed by atoms with Crippen LogP contribution in [0.5, 0.6) is 5.75 Å². The highest BCUT2D eigenvalue weighted by Gasteiger charge is 2.14. The van der Waals surface area contributed by atoms with Gasteiger partial charge in [0.1, 0.15) is 11.4 Å². The van der Waals surface area contributed by atoms with Gasteiger partial charge >= 0.3 is 0 Å². The molecule has 0 radical (unpaired) electrons. The van der Waals surface area contributed by atoms with Crippen LogP contribution in [-0.4, -0.2) is 37.1 Å². The van der Waals surface area contributed by atoms with Crippen LogP contribution in [0.15, 0.2) is 18.3 Å². The second kappa shape index (κ2) is 4.53. The van der Waals surface area contributed by atoms with E-state index in [-0.39, 0.29) is 0 Å². The Balaban J connectivity index is 2.33. The number of rotatable bonds is 2. The minimum atomic E-state index is 0.633. The lowest BCUT2D eigenvalue weighted by molar-refractivity contribution is 0.368. The molecule has 4 nitrogen and oxygen atoms in total. The van der Waals surface area contributed by atoms with E-state index in [1.165, 1.54) is 5.57 Å². The Bertz CT molecular complexity index is 415. The van der Waals surface area contributed by atoms with Gasteiger partial charge in [-0.2, -0.15) is 0 Å². The van der Waals surface area contributed by atoms with E-state index in [0.29, 0.717) is 5.69 Å². The van der Waals surface area contributed by atoms with Crippen molar-refractivity contribution in [1.82, 2.24) is 9.88 Å². The van der Waals surface area contributed by atoms with E-state index in [1.54, 1.807) is 13.3 Å². The van der Waals surface area contributed by atoms with Crippen molar-refractivity contribution in [3.63, 3.8) is 0 Å². The number of hydrogen-bond acceptors (Lipinski definition) is 4. The minimum Gasteiger partial charge on any atom is -0.494 e. The lowest BCUT2D eigenvalue weighted by atomic mass is 10.0. The van der Waals surface area contributed by atoms with Crippen molar-refractivity contribution in [3.05, 3.63) is 24.0 Å². The van der Waals surface area contributed by atoms with Crippen LogP contribution in [0.1, 0.15) is 12.1 Å². The van der Waals surface area contributed by atoms with Crippen LogP contribution >= 0.6 is 0 Å². The Morgan fingerprint density at radius 3 is 2.94 bits per heavy atom. The lowest BCUT2D eigenvalue weighted by Crippen LogP contribution is -2.24. The maximum atomic E-state index is 5.68. The van der Waals surface area contributed by atoms with Crippen molar-refractivity contribution in [3.8, 4) is 5.75 Å². The third kappa shape index (κ3) is 2.17. The average Bonchev–Trinajstić information content (AvgIpc) is 2.30. The van der Waals surface area contributed by atoms with Gasteiger partial charge in [-0.05, 0) is 19.0 Å². The lowest BCUT2D eigenvalue weighted by Gasteiger charge is -2.22. The molecule has 0 saturated heterocycles. The Hall–Kier alpha value is -1.55. The Morgan fingerprint density at radius 2 is 2.31 bits per heavy atom. The summed E-state index contributed by atoms with van der Waals surface area (Å²) in [7, 11) is 3.76. The summed E-state index contributed by atoms with van der Waals surface area (Å²) in [5.41, 5.74) is 8.48. The molecule has 16 heavy (non-hydrogen) atoms. The molecule has 0 atom stereocenters. The van der Waals surface area contributed by atoms with Gasteiger partial charge in [0.25, 0.3) is 0 Å². The van der Waals surface area contributed by atoms with E-state index in [9.17, 15) is 0 Å². The van der Waals surface area contributed by atoms with Crippen molar-refractivity contribution < 1.29 is 4.74 Å². The van der Waals surface area contributed by atoms with Crippen molar-refractivity contribution in [1.29, 1.82) is 0 Å². The number of methoxy groups -OCH3 is 1. The summed E-state index contributed by atoms with van der Waals surface area (Å²) in [6.45, 7) is 2.02. The summed E-state index contributed by atoms with van der Waals surface area (Å²) in [4.78, 5) is 6.63. The molecule has 0 amide bonds. The number of likely N-dealkylation sites (N-methyl/N-ethyl adjacent to an activating group) is 1. The molecule has 1 aromatic rings. The summed E-state index contributed by atoms with van der Waals surface area (Å²) in [6, 6.07) is 1.82. The number of nitrogens with zero attached hydrogens (tertiary/aromatic N) is 2. The normalized spacial score (nSPS) is 17.0. The smallest absolute Gasteiger partial charge is 0.146 e. The molecule has 0 unspecified atom stereocenters. The number of nitrogens with two attached hydrogens (primary N) is 1. The molecule has 0 saturated carbocycles. The van der Waals surface area contributed by atoms with Crippen molar-refractivity contribution in [2.45, 2.75) is 6.42 Å². The Morgan fingerprint density at radius 1 is 1.50 bits per heavy atom. The second-order valence-electron chi connectivity index (χ2n) is 4.06. The first-order chi connectivity index (χ1) is 7.70. The highest BCUT2D eigenvalue weighted by Crippen LogP contribution is 2.29. The Labute approximate surface area is 95.7 Å². The predicted octanol–water partition coefficient (Wildman–Crippen LogP) is 1.39. The molecule has 1 aromatic heterocycles. The summed E-state index contributed by atoms with van der Waals surface area (Å²) in [5.74, 6) is 0.760. The van der Waals surface area contributed by atoms with E-state index in [4.69, 9.17) is 10.5 Å². The molecule has 2 N–H and O–H groups in total. The van der Waals surface area contributed by atoms with Crippen molar-refractivity contribution in [2.24, 2.45) is 0 Å². The quantitative estimate of drug-likeness (QED) is 0.816. The summed E-state index contributed by atoms with van der Waals surface area (Å²) >= 11 is 0. The van der Waals surface area contributed by atoms with E-state index in [2.05, 4.69) is 23.0 Å². The van der Waals surface area contributed by atoms with Gasteiger partial charge in [0.05, 0.1) is 19.0 Å². The number of pyridine rings is 1. The van der Waals surface area contributed by atoms with Crippen molar-refractivity contribution >= 4 is 11.3 Å². The van der Waals surface area contributed by atoms with Crippen LogP contribution in [-0.2, 0) is 0 Å². The third-order valence-electron chi connectivity index (χ3n) is 2.81. The van der Waals surface area contributed by atoms with Gasteiger partial charge in [0.2, 0.25) is 0 Å². The fourth-order valence-electron chi connectivity index (χ4n) is 1.84. The highest BCUT2D eigenvalue weighted by atomic mass is 16.5. The monoisotopic (exact) mass is 219 g/mol. The van der Waals surface area contributed by atoms with Gasteiger partial charge in [-0.1, -0.05) is 6.08 Å². The maximum absolute atomic E-state index is 5.68. The van der Waals surface area contributed by atoms with E-state index >= 15 is 0 Å². The molecule has 0 fully saturated rings. The molecule has 0 bridgehead atoms. The molecule has 1 aliphatic heterocycles. The van der Waals surface area contributed by atoms with Gasteiger partial charge in [-0.15, -0.1) is 0 Å². The first kappa shape index (κ1) is 11.0. The zero-order chi connectivity index (χ0) is 11.5. The summed E-state index contributed by atoms with van der Waals surface area (Å²) in [6.07, 6.45) is 4.88. The molecule has 0 spiro atoms. The van der Waals surface area contributed by atoms with Crippen LogP contribution in [0.3, 0.4) is 0 Å². The largest absolute Gasteiger partial charge is 0.494 e. The van der Waals surface area contributed by atoms with Gasteiger partial charge in [0, 0.05) is 19.2 Å². The van der Waals surface area contributed by atoms with Crippen LogP contribution < -0.4 is 10.5 Å². The topological polar surface area (TPSA) is 51.4 Å². The molecular formula is C12H17N3O. The zero-order valence-electron chi connectivity index (χ0n) is 9.73. The molecule has 86 valence electrons. The SMILES string of the molecule is COc1cc(N)cnc1C1=CCN(C)CC1. The Kier molecular flexibility index (Phi) is 3.10. The van der Waals surface area contributed by atoms with Crippen LogP contribution in [0, 0.1) is 0 Å². The van der Waals surface area contributed by atoms with Gasteiger partial charge in [-0.3, -0.25) is 4.98 Å². The maximum Gasteiger partial charge on any atom is 0.146 e. The molecule has 0 aliphatic carbocycles. The number of ether oxygens (including phenoxy) is 1.